The zero-order chi connectivity index (χ0) is 7.98. The number of esters is 1. The normalized spacial score (nSPS) is 9.00. The Morgan fingerprint density at radius 2 is 2.10 bits per heavy atom. The lowest BCUT2D eigenvalue weighted by molar-refractivity contribution is -0.149. The maximum Gasteiger partial charge on any atom is 0.315 e. The molecule has 0 amide bonds. The Balaban J connectivity index is 3.47. The molecule has 0 bridgehead atoms. The molecule has 0 unspecified atom stereocenters. The molecule has 0 saturated heterocycles. The van der Waals surface area contributed by atoms with Crippen molar-refractivity contribution >= 4 is 11.8 Å². The standard InChI is InChI=1S/C6H9FO3/c1-2-5(8)3-6(9)10-4-7/h2-4H2,1H3. The molecule has 10 heavy (non-hydrogen) atoms. The molecule has 0 atom stereocenters. The van der Waals surface area contributed by atoms with E-state index in [4.69, 9.17) is 0 Å². The van der Waals surface area contributed by atoms with E-state index in [1.807, 2.05) is 0 Å². The van der Waals surface area contributed by atoms with Gasteiger partial charge in [0.1, 0.15) is 12.2 Å². The van der Waals surface area contributed by atoms with E-state index in [9.17, 15) is 14.0 Å². The molecule has 0 aliphatic heterocycles. The van der Waals surface area contributed by atoms with E-state index < -0.39 is 12.8 Å². The Hall–Kier alpha value is -0.930. The van der Waals surface area contributed by atoms with E-state index in [1.54, 1.807) is 6.92 Å². The highest BCUT2D eigenvalue weighted by atomic mass is 19.1. The maximum atomic E-state index is 11.2. The van der Waals surface area contributed by atoms with Gasteiger partial charge in [0.15, 0.2) is 0 Å². The minimum absolute atomic E-state index is 0.238. The van der Waals surface area contributed by atoms with Crippen LogP contribution in [0.3, 0.4) is 0 Å². The Labute approximate surface area is 58.2 Å². The third-order valence-corrected chi connectivity index (χ3v) is 0.951. The monoisotopic (exact) mass is 148 g/mol. The predicted octanol–water partition coefficient (Wildman–Crippen LogP) is 0.826. The van der Waals surface area contributed by atoms with Crippen LogP contribution in [0.5, 0.6) is 0 Å². The molecule has 0 aromatic rings. The second-order valence-corrected chi connectivity index (χ2v) is 1.69. The first-order valence-corrected chi connectivity index (χ1v) is 2.94. The van der Waals surface area contributed by atoms with E-state index in [-0.39, 0.29) is 18.6 Å². The highest BCUT2D eigenvalue weighted by Gasteiger charge is 2.07. The molecule has 0 aromatic carbocycles. The third-order valence-electron chi connectivity index (χ3n) is 0.951. The van der Waals surface area contributed by atoms with Crippen LogP contribution in [0.15, 0.2) is 0 Å². The highest BCUT2D eigenvalue weighted by Crippen LogP contribution is 1.91. The van der Waals surface area contributed by atoms with Gasteiger partial charge in [-0.3, -0.25) is 9.59 Å². The molecule has 0 fully saturated rings. The summed E-state index contributed by atoms with van der Waals surface area (Å²) in [5, 5.41) is 0. The summed E-state index contributed by atoms with van der Waals surface area (Å²) in [7, 11) is 0. The molecule has 3 nitrogen and oxygen atoms in total. The van der Waals surface area contributed by atoms with E-state index in [2.05, 4.69) is 4.74 Å². The van der Waals surface area contributed by atoms with Gasteiger partial charge in [0, 0.05) is 6.42 Å². The number of hydrogen-bond donors (Lipinski definition) is 0. The highest BCUT2D eigenvalue weighted by molar-refractivity contribution is 5.95. The van der Waals surface area contributed by atoms with Crippen LogP contribution in [-0.4, -0.2) is 18.6 Å². The summed E-state index contributed by atoms with van der Waals surface area (Å²) < 4.78 is 15.1. The SMILES string of the molecule is CCC(=O)CC(=O)OCF. The van der Waals surface area contributed by atoms with Gasteiger partial charge in [-0.25, -0.2) is 4.39 Å². The van der Waals surface area contributed by atoms with Gasteiger partial charge < -0.3 is 4.74 Å². The number of ether oxygens (including phenoxy) is 1. The number of Topliss-reactive ketones (excluding diaryl/α,β-unsaturated/α-hetero) is 1. The lowest BCUT2D eigenvalue weighted by Gasteiger charge is -1.95. The predicted molar refractivity (Wildman–Crippen MR) is 32.0 cm³/mol. The molecule has 0 spiro atoms. The summed E-state index contributed by atoms with van der Waals surface area (Å²) in [6.07, 6.45) is -0.0399. The number of carbonyl (C=O) groups is 2. The average molecular weight is 148 g/mol. The van der Waals surface area contributed by atoms with Gasteiger partial charge in [-0.05, 0) is 0 Å². The fourth-order valence-corrected chi connectivity index (χ4v) is 0.398. The van der Waals surface area contributed by atoms with Crippen molar-refractivity contribution in [1.82, 2.24) is 0 Å². The van der Waals surface area contributed by atoms with Crippen molar-refractivity contribution in [3.8, 4) is 0 Å². The van der Waals surface area contributed by atoms with Crippen molar-refractivity contribution in [2.45, 2.75) is 19.8 Å². The first-order chi connectivity index (χ1) is 4.70. The molecule has 0 aliphatic rings. The van der Waals surface area contributed by atoms with E-state index >= 15 is 0 Å². The second-order valence-electron chi connectivity index (χ2n) is 1.69. The zero-order valence-corrected chi connectivity index (χ0v) is 5.72. The second kappa shape index (κ2) is 4.90. The van der Waals surface area contributed by atoms with Crippen molar-refractivity contribution in [2.24, 2.45) is 0 Å². The van der Waals surface area contributed by atoms with Crippen LogP contribution in [0.2, 0.25) is 0 Å². The summed E-state index contributed by atoms with van der Waals surface area (Å²) in [4.78, 5) is 20.8. The third kappa shape index (κ3) is 4.00. The summed E-state index contributed by atoms with van der Waals surface area (Å²) in [5.41, 5.74) is 0. The molecule has 0 aliphatic carbocycles. The minimum atomic E-state index is -1.16. The van der Waals surface area contributed by atoms with Crippen molar-refractivity contribution in [1.29, 1.82) is 0 Å². The van der Waals surface area contributed by atoms with Crippen LogP contribution in [0, 0.1) is 0 Å². The summed E-state index contributed by atoms with van der Waals surface area (Å²) in [6, 6.07) is 0. The van der Waals surface area contributed by atoms with E-state index in [0.29, 0.717) is 0 Å². The quantitative estimate of drug-likeness (QED) is 0.438. The number of carbonyl (C=O) groups excluding carboxylic acids is 2. The Morgan fingerprint density at radius 3 is 2.50 bits per heavy atom. The van der Waals surface area contributed by atoms with Gasteiger partial charge in [-0.15, -0.1) is 0 Å². The minimum Gasteiger partial charge on any atom is -0.433 e. The van der Waals surface area contributed by atoms with Crippen LogP contribution >= 0.6 is 0 Å². The number of rotatable bonds is 4. The van der Waals surface area contributed by atoms with Crippen molar-refractivity contribution in [3.63, 3.8) is 0 Å². The van der Waals surface area contributed by atoms with Crippen LogP contribution in [0.4, 0.5) is 4.39 Å². The van der Waals surface area contributed by atoms with Crippen LogP contribution < -0.4 is 0 Å². The molecule has 58 valence electrons. The van der Waals surface area contributed by atoms with Crippen molar-refractivity contribution in [2.75, 3.05) is 6.86 Å². The van der Waals surface area contributed by atoms with Gasteiger partial charge in [0.05, 0.1) is 0 Å². The van der Waals surface area contributed by atoms with Gasteiger partial charge in [0.2, 0.25) is 6.86 Å². The molecular formula is C6H9FO3. The molecule has 0 heterocycles. The average Bonchev–Trinajstić information content (AvgIpc) is 1.88. The topological polar surface area (TPSA) is 43.4 Å². The maximum absolute atomic E-state index is 11.2. The summed E-state index contributed by atoms with van der Waals surface area (Å²) in [5.74, 6) is -1.03. The lowest BCUT2D eigenvalue weighted by atomic mass is 10.2. The van der Waals surface area contributed by atoms with Gasteiger partial charge in [-0.2, -0.15) is 0 Å². The van der Waals surface area contributed by atoms with Crippen LogP contribution in [0.1, 0.15) is 19.8 Å². The Morgan fingerprint density at radius 1 is 1.50 bits per heavy atom. The van der Waals surface area contributed by atoms with Crippen molar-refractivity contribution < 1.29 is 18.7 Å². The Bertz CT molecular complexity index is 133. The Kier molecular flexibility index (Phi) is 4.45. The fourth-order valence-electron chi connectivity index (χ4n) is 0.398. The summed E-state index contributed by atoms with van der Waals surface area (Å²) in [6.45, 7) is 0.473. The lowest BCUT2D eigenvalue weighted by Crippen LogP contribution is -2.09. The van der Waals surface area contributed by atoms with Crippen molar-refractivity contribution in [3.05, 3.63) is 0 Å². The smallest absolute Gasteiger partial charge is 0.315 e. The molecule has 0 saturated carbocycles. The summed E-state index contributed by atoms with van der Waals surface area (Å²) >= 11 is 0. The fraction of sp³-hybridized carbons (Fsp3) is 0.667. The molecule has 4 heteroatoms. The molecule has 0 radical (unpaired) electrons. The first-order valence-electron chi connectivity index (χ1n) is 2.94. The molecular weight excluding hydrogens is 139 g/mol. The first kappa shape index (κ1) is 9.07. The number of alkyl halides is 1. The van der Waals surface area contributed by atoms with Gasteiger partial charge >= 0.3 is 5.97 Å². The van der Waals surface area contributed by atoms with Gasteiger partial charge in [0.25, 0.3) is 0 Å². The number of hydrogen-bond acceptors (Lipinski definition) is 3. The molecule has 0 rings (SSSR count). The van der Waals surface area contributed by atoms with Crippen LogP contribution in [0.25, 0.3) is 0 Å². The molecule has 0 aromatic heterocycles. The molecule has 0 N–H and O–H groups in total. The largest absolute Gasteiger partial charge is 0.433 e. The zero-order valence-electron chi connectivity index (χ0n) is 5.72. The van der Waals surface area contributed by atoms with Crippen LogP contribution in [-0.2, 0) is 14.3 Å². The van der Waals surface area contributed by atoms with Gasteiger partial charge in [-0.1, -0.05) is 6.92 Å². The van der Waals surface area contributed by atoms with E-state index in [0.717, 1.165) is 0 Å². The van der Waals surface area contributed by atoms with E-state index in [1.165, 1.54) is 0 Å². The number of halogens is 1. The number of ketones is 1.